The van der Waals surface area contributed by atoms with Crippen molar-refractivity contribution in [1.82, 2.24) is 9.96 Å². The minimum Gasteiger partial charge on any atom is -0.349 e. The Bertz CT molecular complexity index is 445. The van der Waals surface area contributed by atoms with E-state index in [9.17, 15) is 4.79 Å². The summed E-state index contributed by atoms with van der Waals surface area (Å²) in [7, 11) is 0. The van der Waals surface area contributed by atoms with Gasteiger partial charge in [-0.3, -0.25) is 9.63 Å². The van der Waals surface area contributed by atoms with Crippen LogP contribution in [0, 0.1) is 0 Å². The summed E-state index contributed by atoms with van der Waals surface area (Å²) < 4.78 is 0. The highest BCUT2D eigenvalue weighted by atomic mass is 35.5. The van der Waals surface area contributed by atoms with Gasteiger partial charge in [0.2, 0.25) is 0 Å². The van der Waals surface area contributed by atoms with Crippen LogP contribution < -0.4 is 0 Å². The number of carbonyl (C=O) groups is 1. The standard InChI is InChI=1S/C13H15ClN2O2/c1-2-18-16-8-7-15(10-16)9-13(17)11-3-5-12(14)6-4-11/h3-8H,2,9-10H2,1H3. The maximum Gasteiger partial charge on any atom is 0.182 e. The van der Waals surface area contributed by atoms with Crippen LogP contribution in [0.5, 0.6) is 0 Å². The average molecular weight is 267 g/mol. The van der Waals surface area contributed by atoms with E-state index in [2.05, 4.69) is 0 Å². The fraction of sp³-hybridized carbons (Fsp3) is 0.308. The third kappa shape index (κ3) is 3.24. The lowest BCUT2D eigenvalue weighted by Gasteiger charge is -2.19. The Kier molecular flexibility index (Phi) is 4.23. The molecule has 1 aliphatic heterocycles. The molecule has 0 N–H and O–H groups in total. The fourth-order valence-corrected chi connectivity index (χ4v) is 1.83. The van der Waals surface area contributed by atoms with Crippen LogP contribution in [0.2, 0.25) is 5.02 Å². The second-order valence-electron chi connectivity index (χ2n) is 3.95. The van der Waals surface area contributed by atoms with E-state index in [0.717, 1.165) is 0 Å². The molecule has 0 amide bonds. The minimum absolute atomic E-state index is 0.0645. The Morgan fingerprint density at radius 3 is 2.72 bits per heavy atom. The van der Waals surface area contributed by atoms with Gasteiger partial charge in [-0.05, 0) is 31.2 Å². The maximum atomic E-state index is 12.0. The lowest BCUT2D eigenvalue weighted by atomic mass is 10.1. The van der Waals surface area contributed by atoms with E-state index in [0.29, 0.717) is 30.4 Å². The molecule has 0 saturated heterocycles. The topological polar surface area (TPSA) is 32.8 Å². The maximum absolute atomic E-state index is 12.0. The molecule has 1 aromatic carbocycles. The quantitative estimate of drug-likeness (QED) is 0.767. The molecule has 0 aromatic heterocycles. The van der Waals surface area contributed by atoms with Crippen molar-refractivity contribution in [1.29, 1.82) is 0 Å². The highest BCUT2D eigenvalue weighted by molar-refractivity contribution is 6.30. The first-order valence-electron chi connectivity index (χ1n) is 5.79. The predicted molar refractivity (Wildman–Crippen MR) is 70.0 cm³/mol. The third-order valence-electron chi connectivity index (χ3n) is 2.57. The number of rotatable bonds is 5. The molecule has 0 saturated carbocycles. The van der Waals surface area contributed by atoms with Crippen LogP contribution in [0.3, 0.4) is 0 Å². The van der Waals surface area contributed by atoms with Gasteiger partial charge in [0.15, 0.2) is 5.78 Å². The lowest BCUT2D eigenvalue weighted by Crippen LogP contribution is -2.29. The molecule has 0 aliphatic carbocycles. The molecule has 5 heteroatoms. The number of halogens is 1. The minimum atomic E-state index is 0.0645. The molecule has 0 unspecified atom stereocenters. The molecule has 96 valence electrons. The van der Waals surface area contributed by atoms with Gasteiger partial charge in [-0.15, -0.1) is 0 Å². The predicted octanol–water partition coefficient (Wildman–Crippen LogP) is 2.52. The first-order chi connectivity index (χ1) is 8.69. The summed E-state index contributed by atoms with van der Waals surface area (Å²) in [5.41, 5.74) is 0.669. The summed E-state index contributed by atoms with van der Waals surface area (Å²) in [6.45, 7) is 3.45. The van der Waals surface area contributed by atoms with E-state index in [1.54, 1.807) is 29.3 Å². The van der Waals surface area contributed by atoms with Crippen molar-refractivity contribution in [2.45, 2.75) is 6.92 Å². The summed E-state index contributed by atoms with van der Waals surface area (Å²) in [5, 5.41) is 2.34. The molecule has 0 atom stereocenters. The van der Waals surface area contributed by atoms with Crippen LogP contribution in [0.25, 0.3) is 0 Å². The van der Waals surface area contributed by atoms with Crippen LogP contribution in [0.1, 0.15) is 17.3 Å². The second-order valence-corrected chi connectivity index (χ2v) is 4.39. The van der Waals surface area contributed by atoms with Crippen molar-refractivity contribution in [2.24, 2.45) is 0 Å². The van der Waals surface area contributed by atoms with E-state index in [-0.39, 0.29) is 5.78 Å². The highest BCUT2D eigenvalue weighted by Gasteiger charge is 2.16. The van der Waals surface area contributed by atoms with Crippen molar-refractivity contribution in [3.05, 3.63) is 47.3 Å². The number of nitrogens with zero attached hydrogens (tertiary/aromatic N) is 2. The summed E-state index contributed by atoms with van der Waals surface area (Å²) in [4.78, 5) is 19.2. The zero-order valence-electron chi connectivity index (χ0n) is 10.2. The van der Waals surface area contributed by atoms with E-state index in [1.165, 1.54) is 0 Å². The van der Waals surface area contributed by atoms with Gasteiger partial charge in [0.25, 0.3) is 0 Å². The molecule has 0 radical (unpaired) electrons. The molecule has 0 fully saturated rings. The van der Waals surface area contributed by atoms with Crippen LogP contribution in [0.15, 0.2) is 36.7 Å². The number of carbonyl (C=O) groups excluding carboxylic acids is 1. The van der Waals surface area contributed by atoms with Crippen molar-refractivity contribution in [3.8, 4) is 0 Å². The zero-order valence-corrected chi connectivity index (χ0v) is 10.9. The molecule has 0 bridgehead atoms. The molecule has 1 heterocycles. The molecule has 1 aliphatic rings. The van der Waals surface area contributed by atoms with Gasteiger partial charge in [0.1, 0.15) is 6.67 Å². The summed E-state index contributed by atoms with van der Waals surface area (Å²) >= 11 is 5.78. The van der Waals surface area contributed by atoms with Crippen molar-refractivity contribution in [2.75, 3.05) is 19.8 Å². The van der Waals surface area contributed by atoms with E-state index in [1.807, 2.05) is 24.2 Å². The smallest absolute Gasteiger partial charge is 0.182 e. The van der Waals surface area contributed by atoms with Gasteiger partial charge < -0.3 is 4.90 Å². The summed E-state index contributed by atoms with van der Waals surface area (Å²) in [6.07, 6.45) is 3.67. The molecular weight excluding hydrogens is 252 g/mol. The molecular formula is C13H15ClN2O2. The van der Waals surface area contributed by atoms with Crippen LogP contribution in [-0.4, -0.2) is 35.6 Å². The number of benzene rings is 1. The van der Waals surface area contributed by atoms with Gasteiger partial charge in [-0.1, -0.05) is 11.6 Å². The number of hydrogen-bond acceptors (Lipinski definition) is 4. The van der Waals surface area contributed by atoms with E-state index < -0.39 is 0 Å². The van der Waals surface area contributed by atoms with Gasteiger partial charge in [0.05, 0.1) is 13.2 Å². The summed E-state index contributed by atoms with van der Waals surface area (Å²) in [5.74, 6) is 0.0645. The van der Waals surface area contributed by atoms with Crippen molar-refractivity contribution < 1.29 is 9.63 Å². The van der Waals surface area contributed by atoms with Gasteiger partial charge >= 0.3 is 0 Å². The second kappa shape index (κ2) is 5.89. The monoisotopic (exact) mass is 266 g/mol. The molecule has 2 rings (SSSR count). The molecule has 4 nitrogen and oxygen atoms in total. The Balaban J connectivity index is 1.89. The average Bonchev–Trinajstić information content (AvgIpc) is 2.78. The Hall–Kier alpha value is -1.52. The van der Waals surface area contributed by atoms with Gasteiger partial charge in [-0.2, -0.15) is 0 Å². The first kappa shape index (κ1) is 12.9. The van der Waals surface area contributed by atoms with Crippen LogP contribution >= 0.6 is 11.6 Å². The molecule has 18 heavy (non-hydrogen) atoms. The Morgan fingerprint density at radius 1 is 1.33 bits per heavy atom. The SMILES string of the molecule is CCON1C=CN(CC(=O)c2ccc(Cl)cc2)C1. The van der Waals surface area contributed by atoms with Crippen molar-refractivity contribution >= 4 is 17.4 Å². The fourth-order valence-electron chi connectivity index (χ4n) is 1.71. The number of hydroxylamine groups is 2. The third-order valence-corrected chi connectivity index (χ3v) is 2.82. The van der Waals surface area contributed by atoms with E-state index >= 15 is 0 Å². The molecule has 0 spiro atoms. The highest BCUT2D eigenvalue weighted by Crippen LogP contribution is 2.12. The number of Topliss-reactive ketones (excluding diaryl/α,β-unsaturated/α-hetero) is 1. The largest absolute Gasteiger partial charge is 0.349 e. The zero-order chi connectivity index (χ0) is 13.0. The summed E-state index contributed by atoms with van der Waals surface area (Å²) in [6, 6.07) is 6.93. The van der Waals surface area contributed by atoms with Gasteiger partial charge in [-0.25, -0.2) is 5.06 Å². The van der Waals surface area contributed by atoms with Gasteiger partial charge in [0, 0.05) is 23.0 Å². The number of hydrogen-bond donors (Lipinski definition) is 0. The van der Waals surface area contributed by atoms with Crippen molar-refractivity contribution in [3.63, 3.8) is 0 Å². The lowest BCUT2D eigenvalue weighted by molar-refractivity contribution is -0.122. The van der Waals surface area contributed by atoms with E-state index in [4.69, 9.17) is 16.4 Å². The molecule has 1 aromatic rings. The number of ketones is 1. The van der Waals surface area contributed by atoms with Crippen LogP contribution in [0.4, 0.5) is 0 Å². The Labute approximate surface area is 111 Å². The Morgan fingerprint density at radius 2 is 2.06 bits per heavy atom. The van der Waals surface area contributed by atoms with Crippen LogP contribution in [-0.2, 0) is 4.84 Å². The normalized spacial score (nSPS) is 14.3. The first-order valence-corrected chi connectivity index (χ1v) is 6.17.